The second kappa shape index (κ2) is 16.8. The van der Waals surface area contributed by atoms with Crippen LogP contribution in [0.4, 0.5) is 4.79 Å². The molecule has 0 fully saturated rings. The first-order chi connectivity index (χ1) is 18.9. The van der Waals surface area contributed by atoms with Crippen molar-refractivity contribution < 1.29 is 14.6 Å². The van der Waals surface area contributed by atoms with Gasteiger partial charge in [0.15, 0.2) is 0 Å². The summed E-state index contributed by atoms with van der Waals surface area (Å²) in [6.45, 7) is 7.55. The summed E-state index contributed by atoms with van der Waals surface area (Å²) in [6, 6.07) is 25.1. The molecule has 0 spiro atoms. The average Bonchev–Trinajstić information content (AvgIpc) is 2.96. The van der Waals surface area contributed by atoms with Gasteiger partial charge >= 0.3 is 6.09 Å². The highest BCUT2D eigenvalue weighted by Gasteiger charge is 2.12. The van der Waals surface area contributed by atoms with Crippen LogP contribution in [0.5, 0.6) is 0 Å². The lowest BCUT2D eigenvalue weighted by Gasteiger charge is -2.16. The zero-order valence-electron chi connectivity index (χ0n) is 24.1. The Morgan fingerprint density at radius 3 is 2.23 bits per heavy atom. The van der Waals surface area contributed by atoms with Crippen molar-refractivity contribution in [2.24, 2.45) is 5.92 Å². The Labute approximate surface area is 235 Å². The number of amides is 1. The topological polar surface area (TPSA) is 58.6 Å². The van der Waals surface area contributed by atoms with E-state index >= 15 is 0 Å². The minimum Gasteiger partial charge on any atom is -0.445 e. The van der Waals surface area contributed by atoms with Crippen LogP contribution in [-0.4, -0.2) is 17.7 Å². The number of rotatable bonds is 16. The van der Waals surface area contributed by atoms with Gasteiger partial charge in [-0.05, 0) is 97.6 Å². The van der Waals surface area contributed by atoms with Crippen LogP contribution < -0.4 is 5.32 Å². The summed E-state index contributed by atoms with van der Waals surface area (Å²) in [7, 11) is 0. The van der Waals surface area contributed by atoms with Crippen molar-refractivity contribution in [1.29, 1.82) is 0 Å². The van der Waals surface area contributed by atoms with Crippen molar-refractivity contribution in [3.8, 4) is 0 Å². The van der Waals surface area contributed by atoms with Crippen molar-refractivity contribution in [2.75, 3.05) is 6.54 Å². The number of aliphatic hydroxyl groups is 1. The Bertz CT molecular complexity index is 1110. The van der Waals surface area contributed by atoms with E-state index in [0.29, 0.717) is 19.1 Å². The molecule has 0 aliphatic heterocycles. The maximum absolute atomic E-state index is 11.8. The van der Waals surface area contributed by atoms with Crippen molar-refractivity contribution >= 4 is 6.09 Å². The number of aliphatic hydroxyl groups excluding tert-OH is 1. The third-order valence-electron chi connectivity index (χ3n) is 7.63. The average molecular weight is 530 g/mol. The van der Waals surface area contributed by atoms with E-state index in [1.54, 1.807) is 0 Å². The molecule has 0 radical (unpaired) electrons. The van der Waals surface area contributed by atoms with Gasteiger partial charge in [0.05, 0.1) is 6.10 Å². The van der Waals surface area contributed by atoms with Gasteiger partial charge in [0, 0.05) is 6.54 Å². The second-order valence-corrected chi connectivity index (χ2v) is 10.9. The minimum atomic E-state index is -0.366. The third-order valence-corrected chi connectivity index (χ3v) is 7.63. The molecular weight excluding hydrogens is 482 g/mol. The van der Waals surface area contributed by atoms with Gasteiger partial charge < -0.3 is 15.2 Å². The van der Waals surface area contributed by atoms with E-state index < -0.39 is 0 Å². The van der Waals surface area contributed by atoms with Gasteiger partial charge in [0.2, 0.25) is 0 Å². The maximum Gasteiger partial charge on any atom is 0.407 e. The number of nitrogens with one attached hydrogen (secondary N) is 1. The summed E-state index contributed by atoms with van der Waals surface area (Å²) >= 11 is 0. The van der Waals surface area contributed by atoms with Crippen LogP contribution in [-0.2, 0) is 30.6 Å². The number of alkyl carbamates (subject to hydrolysis) is 1. The summed E-state index contributed by atoms with van der Waals surface area (Å²) in [5, 5.41) is 13.5. The van der Waals surface area contributed by atoms with Gasteiger partial charge in [-0.2, -0.15) is 0 Å². The number of unbranched alkanes of at least 4 members (excludes halogenated alkanes) is 1. The molecule has 0 saturated heterocycles. The van der Waals surface area contributed by atoms with Gasteiger partial charge in [-0.15, -0.1) is 0 Å². The molecule has 210 valence electrons. The molecule has 4 nitrogen and oxygen atoms in total. The first kappa shape index (κ1) is 30.4. The Balaban J connectivity index is 1.24. The van der Waals surface area contributed by atoms with Crippen LogP contribution in [0.25, 0.3) is 0 Å². The second-order valence-electron chi connectivity index (χ2n) is 10.9. The van der Waals surface area contributed by atoms with Crippen LogP contribution >= 0.6 is 0 Å². The van der Waals surface area contributed by atoms with E-state index in [1.165, 1.54) is 35.1 Å². The molecule has 0 saturated carbocycles. The van der Waals surface area contributed by atoms with Crippen LogP contribution in [0, 0.1) is 12.8 Å². The predicted molar refractivity (Wildman–Crippen MR) is 161 cm³/mol. The maximum atomic E-state index is 11.8. The molecule has 3 aromatic carbocycles. The first-order valence-corrected chi connectivity index (χ1v) is 14.7. The summed E-state index contributed by atoms with van der Waals surface area (Å²) in [5.41, 5.74) is 7.42. The third kappa shape index (κ3) is 11.3. The Kier molecular flexibility index (Phi) is 13.1. The molecule has 1 amide bonds. The molecule has 0 aromatic heterocycles. The van der Waals surface area contributed by atoms with Crippen LogP contribution in [0.3, 0.4) is 0 Å². The molecule has 2 N–H and O–H groups in total. The molecular formula is C35H47NO3. The molecule has 3 rings (SSSR count). The number of aryl methyl sites for hydroxylation is 4. The van der Waals surface area contributed by atoms with Gasteiger partial charge in [0.25, 0.3) is 0 Å². The quantitative estimate of drug-likeness (QED) is 0.184. The summed E-state index contributed by atoms with van der Waals surface area (Å²) in [6.07, 6.45) is 8.59. The molecule has 0 heterocycles. The highest BCUT2D eigenvalue weighted by atomic mass is 16.5. The predicted octanol–water partition coefficient (Wildman–Crippen LogP) is 8.28. The van der Waals surface area contributed by atoms with Crippen molar-refractivity contribution in [3.05, 3.63) is 106 Å². The van der Waals surface area contributed by atoms with E-state index in [0.717, 1.165) is 56.1 Å². The van der Waals surface area contributed by atoms with Crippen molar-refractivity contribution in [1.82, 2.24) is 5.32 Å². The lowest BCUT2D eigenvalue weighted by atomic mass is 9.92. The molecule has 3 aromatic rings. The first-order valence-electron chi connectivity index (χ1n) is 14.7. The molecule has 0 aliphatic rings. The van der Waals surface area contributed by atoms with Crippen LogP contribution in [0.2, 0.25) is 0 Å². The van der Waals surface area contributed by atoms with Gasteiger partial charge in [0.1, 0.15) is 6.61 Å². The molecule has 4 heteroatoms. The molecule has 39 heavy (non-hydrogen) atoms. The molecule has 2 atom stereocenters. The number of hydrogen-bond donors (Lipinski definition) is 2. The fourth-order valence-corrected chi connectivity index (χ4v) is 4.98. The zero-order valence-corrected chi connectivity index (χ0v) is 24.1. The lowest BCUT2D eigenvalue weighted by Crippen LogP contribution is -2.25. The van der Waals surface area contributed by atoms with Crippen molar-refractivity contribution in [3.63, 3.8) is 0 Å². The summed E-state index contributed by atoms with van der Waals surface area (Å²) < 4.78 is 5.25. The number of carbonyl (C=O) groups is 1. The van der Waals surface area contributed by atoms with E-state index in [2.05, 4.69) is 68.6 Å². The van der Waals surface area contributed by atoms with E-state index in [-0.39, 0.29) is 12.2 Å². The molecule has 1 unspecified atom stereocenters. The minimum absolute atomic E-state index is 0.300. The summed E-state index contributed by atoms with van der Waals surface area (Å²) in [5.74, 6) is 0.610. The number of carbonyl (C=O) groups excluding carboxylic acids is 1. The molecule has 0 bridgehead atoms. The lowest BCUT2D eigenvalue weighted by molar-refractivity contribution is 0.139. The van der Waals surface area contributed by atoms with E-state index in [1.807, 2.05) is 30.3 Å². The van der Waals surface area contributed by atoms with E-state index in [9.17, 15) is 9.90 Å². The fourth-order valence-electron chi connectivity index (χ4n) is 4.98. The fraction of sp³-hybridized carbons (Fsp3) is 0.457. The Morgan fingerprint density at radius 2 is 1.54 bits per heavy atom. The zero-order chi connectivity index (χ0) is 27.9. The highest BCUT2D eigenvalue weighted by Crippen LogP contribution is 2.25. The standard InChI is InChI=1S/C35H47NO3/c1-4-32-25-33(22-17-28(32)3)34(37)23-16-27(2)11-10-15-30-20-18-29(19-21-30)12-8-9-24-36-35(38)39-26-31-13-6-5-7-14-31/h5-7,13-14,17-22,25,27,34,37H,4,8-12,15-16,23-24,26H2,1-3H3,(H,36,38)/t27?,34-/m0/s1. The van der Waals surface area contributed by atoms with Gasteiger partial charge in [-0.3, -0.25) is 0 Å². The SMILES string of the molecule is CCc1cc([C@@H](O)CCC(C)CCCc2ccc(CCCCNC(=O)OCc3ccccc3)cc2)ccc1C. The van der Waals surface area contributed by atoms with Gasteiger partial charge in [-0.25, -0.2) is 4.79 Å². The Morgan fingerprint density at radius 1 is 0.846 bits per heavy atom. The number of ether oxygens (including phenoxy) is 1. The smallest absolute Gasteiger partial charge is 0.407 e. The largest absolute Gasteiger partial charge is 0.445 e. The highest BCUT2D eigenvalue weighted by molar-refractivity contribution is 5.67. The normalized spacial score (nSPS) is 12.6. The monoisotopic (exact) mass is 529 g/mol. The van der Waals surface area contributed by atoms with Crippen LogP contribution in [0.15, 0.2) is 72.8 Å². The number of hydrogen-bond acceptors (Lipinski definition) is 3. The van der Waals surface area contributed by atoms with E-state index in [4.69, 9.17) is 4.74 Å². The molecule has 0 aliphatic carbocycles. The summed E-state index contributed by atoms with van der Waals surface area (Å²) in [4.78, 5) is 11.8. The van der Waals surface area contributed by atoms with Gasteiger partial charge in [-0.1, -0.05) is 93.1 Å². The van der Waals surface area contributed by atoms with Crippen LogP contribution in [0.1, 0.15) is 91.9 Å². The van der Waals surface area contributed by atoms with Crippen molar-refractivity contribution in [2.45, 2.75) is 91.3 Å². The number of benzene rings is 3. The Hall–Kier alpha value is -3.11.